The molecule has 2 rings (SSSR count). The quantitative estimate of drug-likeness (QED) is 0.750. The summed E-state index contributed by atoms with van der Waals surface area (Å²) in [6, 6.07) is 7.62. The van der Waals surface area contributed by atoms with Crippen LogP contribution in [0.1, 0.15) is 11.4 Å². The predicted octanol–water partition coefficient (Wildman–Crippen LogP) is 3.69. The maximum absolute atomic E-state index is 12.6. The van der Waals surface area contributed by atoms with Gasteiger partial charge in [0.1, 0.15) is 11.2 Å². The van der Waals surface area contributed by atoms with Gasteiger partial charge in [-0.1, -0.05) is 23.7 Å². The number of hydrogen-bond donors (Lipinski definition) is 0. The lowest BCUT2D eigenvalue weighted by Crippen LogP contribution is -2.04. The van der Waals surface area contributed by atoms with E-state index in [1.165, 1.54) is 18.2 Å². The van der Waals surface area contributed by atoms with Gasteiger partial charge in [0.25, 0.3) is 0 Å². The Morgan fingerprint density at radius 2 is 1.89 bits per heavy atom. The molecule has 0 spiro atoms. The zero-order chi connectivity index (χ0) is 14.0. The first-order valence-corrected chi connectivity index (χ1v) is 5.40. The highest BCUT2D eigenvalue weighted by Crippen LogP contribution is 2.32. The lowest BCUT2D eigenvalue weighted by atomic mass is 10.1. The van der Waals surface area contributed by atoms with Crippen molar-refractivity contribution in [3.05, 3.63) is 46.9 Å². The SMILES string of the molecule is N#Cc1nc(Cl)cc(-c2cccc(C(F)(F)F)c2)n1. The Morgan fingerprint density at radius 1 is 1.16 bits per heavy atom. The third kappa shape index (κ3) is 3.01. The van der Waals surface area contributed by atoms with Crippen LogP contribution in [0.25, 0.3) is 11.3 Å². The predicted molar refractivity (Wildman–Crippen MR) is 62.2 cm³/mol. The molecule has 7 heteroatoms. The Hall–Kier alpha value is -2.13. The van der Waals surface area contributed by atoms with E-state index in [2.05, 4.69) is 9.97 Å². The van der Waals surface area contributed by atoms with Crippen LogP contribution in [0, 0.1) is 11.3 Å². The summed E-state index contributed by atoms with van der Waals surface area (Å²) in [6.07, 6.45) is -4.44. The van der Waals surface area contributed by atoms with Gasteiger partial charge in [-0.3, -0.25) is 0 Å². The van der Waals surface area contributed by atoms with Crippen molar-refractivity contribution in [2.45, 2.75) is 6.18 Å². The Kier molecular flexibility index (Phi) is 3.40. The number of alkyl halides is 3. The van der Waals surface area contributed by atoms with Crippen LogP contribution in [0.15, 0.2) is 30.3 Å². The first-order chi connectivity index (χ1) is 8.90. The average Bonchev–Trinajstić information content (AvgIpc) is 2.37. The van der Waals surface area contributed by atoms with Crippen LogP contribution < -0.4 is 0 Å². The van der Waals surface area contributed by atoms with Crippen LogP contribution in [0.4, 0.5) is 13.2 Å². The number of hydrogen-bond acceptors (Lipinski definition) is 3. The number of halogens is 4. The topological polar surface area (TPSA) is 49.6 Å². The van der Waals surface area contributed by atoms with Crippen LogP contribution in [-0.4, -0.2) is 9.97 Å². The molecular weight excluding hydrogens is 279 g/mol. The Morgan fingerprint density at radius 3 is 2.53 bits per heavy atom. The number of aromatic nitrogens is 2. The molecule has 19 heavy (non-hydrogen) atoms. The molecule has 96 valence electrons. The summed E-state index contributed by atoms with van der Waals surface area (Å²) >= 11 is 5.68. The van der Waals surface area contributed by atoms with Crippen molar-refractivity contribution in [2.75, 3.05) is 0 Å². The number of nitrogens with zero attached hydrogens (tertiary/aromatic N) is 3. The fraction of sp³-hybridized carbons (Fsp3) is 0.0833. The van der Waals surface area contributed by atoms with Crippen LogP contribution in [-0.2, 0) is 6.18 Å². The lowest BCUT2D eigenvalue weighted by molar-refractivity contribution is -0.137. The zero-order valence-corrected chi connectivity index (χ0v) is 10.00. The van der Waals surface area contributed by atoms with Crippen molar-refractivity contribution in [3.63, 3.8) is 0 Å². The second-order valence-electron chi connectivity index (χ2n) is 3.59. The average molecular weight is 284 g/mol. The standard InChI is InChI=1S/C12H5ClF3N3/c13-10-5-9(18-11(6-17)19-10)7-2-1-3-8(4-7)12(14,15)16/h1-5H. The van der Waals surface area contributed by atoms with E-state index in [0.717, 1.165) is 12.1 Å². The van der Waals surface area contributed by atoms with Gasteiger partial charge in [-0.25, -0.2) is 9.97 Å². The molecule has 0 aliphatic heterocycles. The van der Waals surface area contributed by atoms with Gasteiger partial charge in [0.05, 0.1) is 11.3 Å². The molecule has 0 saturated heterocycles. The third-order valence-electron chi connectivity index (χ3n) is 2.28. The number of nitriles is 1. The summed E-state index contributed by atoms with van der Waals surface area (Å²) < 4.78 is 37.8. The highest BCUT2D eigenvalue weighted by molar-refractivity contribution is 6.29. The molecule has 0 radical (unpaired) electrons. The summed E-state index contributed by atoms with van der Waals surface area (Å²) in [5.41, 5.74) is -0.406. The largest absolute Gasteiger partial charge is 0.416 e. The molecule has 0 saturated carbocycles. The van der Waals surface area contributed by atoms with E-state index in [4.69, 9.17) is 16.9 Å². The van der Waals surface area contributed by atoms with E-state index in [0.29, 0.717) is 0 Å². The van der Waals surface area contributed by atoms with Crippen LogP contribution in [0.2, 0.25) is 5.15 Å². The van der Waals surface area contributed by atoms with Crippen molar-refractivity contribution in [3.8, 4) is 17.3 Å². The zero-order valence-electron chi connectivity index (χ0n) is 9.24. The minimum Gasteiger partial charge on any atom is -0.219 e. The summed E-state index contributed by atoms with van der Waals surface area (Å²) in [7, 11) is 0. The lowest BCUT2D eigenvalue weighted by Gasteiger charge is -2.08. The molecule has 3 nitrogen and oxygen atoms in total. The molecule has 2 aromatic rings. The molecule has 0 aliphatic rings. The maximum Gasteiger partial charge on any atom is 0.416 e. The molecule has 1 aromatic carbocycles. The Labute approximate surface area is 111 Å². The first kappa shape index (κ1) is 13.3. The van der Waals surface area contributed by atoms with Crippen molar-refractivity contribution in [1.29, 1.82) is 5.26 Å². The Bertz CT molecular complexity index is 662. The monoisotopic (exact) mass is 283 g/mol. The first-order valence-electron chi connectivity index (χ1n) is 5.02. The summed E-state index contributed by atoms with van der Waals surface area (Å²) in [5, 5.41) is 8.70. The molecule has 1 heterocycles. The van der Waals surface area contributed by atoms with Gasteiger partial charge in [-0.05, 0) is 12.1 Å². The minimum atomic E-state index is -4.44. The van der Waals surface area contributed by atoms with Crippen molar-refractivity contribution in [1.82, 2.24) is 9.97 Å². The normalized spacial score (nSPS) is 11.1. The number of rotatable bonds is 1. The molecule has 0 N–H and O–H groups in total. The van der Waals surface area contributed by atoms with E-state index in [1.807, 2.05) is 0 Å². The van der Waals surface area contributed by atoms with Gasteiger partial charge in [0.15, 0.2) is 0 Å². The minimum absolute atomic E-state index is 0.000961. The van der Waals surface area contributed by atoms with E-state index in [9.17, 15) is 13.2 Å². The molecule has 0 unspecified atom stereocenters. The van der Waals surface area contributed by atoms with Crippen molar-refractivity contribution >= 4 is 11.6 Å². The van der Waals surface area contributed by atoms with Gasteiger partial charge in [0.2, 0.25) is 5.82 Å². The van der Waals surface area contributed by atoms with E-state index >= 15 is 0 Å². The van der Waals surface area contributed by atoms with Gasteiger partial charge < -0.3 is 0 Å². The van der Waals surface area contributed by atoms with Gasteiger partial charge in [-0.15, -0.1) is 0 Å². The van der Waals surface area contributed by atoms with Crippen LogP contribution in [0.5, 0.6) is 0 Å². The summed E-state index contributed by atoms with van der Waals surface area (Å²) in [6.45, 7) is 0. The van der Waals surface area contributed by atoms with Gasteiger partial charge in [0, 0.05) is 11.6 Å². The molecule has 0 fully saturated rings. The number of benzene rings is 1. The van der Waals surface area contributed by atoms with Crippen LogP contribution in [0.3, 0.4) is 0 Å². The fourth-order valence-corrected chi connectivity index (χ4v) is 1.65. The summed E-state index contributed by atoms with van der Waals surface area (Å²) in [4.78, 5) is 7.44. The van der Waals surface area contributed by atoms with E-state index < -0.39 is 11.7 Å². The van der Waals surface area contributed by atoms with Crippen LogP contribution >= 0.6 is 11.6 Å². The highest BCUT2D eigenvalue weighted by atomic mass is 35.5. The molecule has 0 atom stereocenters. The molecule has 0 aliphatic carbocycles. The smallest absolute Gasteiger partial charge is 0.219 e. The summed E-state index contributed by atoms with van der Waals surface area (Å²) in [5.74, 6) is -0.195. The Balaban J connectivity index is 2.54. The van der Waals surface area contributed by atoms with Gasteiger partial charge in [-0.2, -0.15) is 18.4 Å². The highest BCUT2D eigenvalue weighted by Gasteiger charge is 2.30. The fourth-order valence-electron chi connectivity index (χ4n) is 1.47. The third-order valence-corrected chi connectivity index (χ3v) is 2.47. The second-order valence-corrected chi connectivity index (χ2v) is 3.98. The van der Waals surface area contributed by atoms with E-state index in [1.54, 1.807) is 6.07 Å². The molecule has 0 amide bonds. The molecule has 1 aromatic heterocycles. The van der Waals surface area contributed by atoms with Gasteiger partial charge >= 0.3 is 6.18 Å². The van der Waals surface area contributed by atoms with Crippen molar-refractivity contribution < 1.29 is 13.2 Å². The second kappa shape index (κ2) is 4.86. The maximum atomic E-state index is 12.6. The molecular formula is C12H5ClF3N3. The molecule has 0 bridgehead atoms. The van der Waals surface area contributed by atoms with E-state index in [-0.39, 0.29) is 22.2 Å². The van der Waals surface area contributed by atoms with Crippen molar-refractivity contribution in [2.24, 2.45) is 0 Å².